The summed E-state index contributed by atoms with van der Waals surface area (Å²) in [5, 5.41) is 1.03. The quantitative estimate of drug-likeness (QED) is 0.725. The number of halogens is 11. The molecule has 0 saturated carbocycles. The molecule has 0 aliphatic rings. The number of carbonyl (C=O) groups is 1. The summed E-state index contributed by atoms with van der Waals surface area (Å²) in [6, 6.07) is 2.18. The zero-order valence-electron chi connectivity index (χ0n) is 11.8. The number of furan rings is 1. The van der Waals surface area contributed by atoms with Crippen LogP contribution in [-0.4, -0.2) is 36.1 Å². The van der Waals surface area contributed by atoms with Crippen molar-refractivity contribution in [1.82, 2.24) is 5.32 Å². The fourth-order valence-electron chi connectivity index (χ4n) is 1.33. The lowest BCUT2D eigenvalue weighted by Crippen LogP contribution is -2.63. The second-order valence-corrected chi connectivity index (χ2v) is 4.55. The van der Waals surface area contributed by atoms with E-state index in [2.05, 4.69) is 9.15 Å². The van der Waals surface area contributed by atoms with Crippen molar-refractivity contribution in [3.05, 3.63) is 24.2 Å². The summed E-state index contributed by atoms with van der Waals surface area (Å²) in [4.78, 5) is 11.2. The van der Waals surface area contributed by atoms with Crippen LogP contribution in [0.2, 0.25) is 0 Å². The van der Waals surface area contributed by atoms with E-state index >= 15 is 0 Å². The molecule has 1 heterocycles. The van der Waals surface area contributed by atoms with Gasteiger partial charge >= 0.3 is 30.2 Å². The average Bonchev–Trinajstić information content (AvgIpc) is 2.94. The first-order valence-corrected chi connectivity index (χ1v) is 6.04. The van der Waals surface area contributed by atoms with Crippen LogP contribution >= 0.6 is 0 Å². The second kappa shape index (κ2) is 6.59. The molecule has 150 valence electrons. The number of ether oxygens (including phenoxy) is 1. The van der Waals surface area contributed by atoms with Gasteiger partial charge in [-0.05, 0) is 12.1 Å². The van der Waals surface area contributed by atoms with Crippen molar-refractivity contribution in [3.8, 4) is 0 Å². The molecule has 0 unspecified atom stereocenters. The van der Waals surface area contributed by atoms with Crippen LogP contribution in [0.15, 0.2) is 22.8 Å². The summed E-state index contributed by atoms with van der Waals surface area (Å²) in [5.74, 6) is -16.9. The average molecular weight is 409 g/mol. The largest absolute Gasteiger partial charge is 0.467 e. The molecule has 0 aromatic carbocycles. The van der Waals surface area contributed by atoms with Gasteiger partial charge in [-0.2, -0.15) is 48.3 Å². The van der Waals surface area contributed by atoms with Crippen LogP contribution < -0.4 is 5.32 Å². The lowest BCUT2D eigenvalue weighted by Gasteiger charge is -2.34. The maximum Gasteiger partial charge on any atom is 0.462 e. The van der Waals surface area contributed by atoms with Crippen LogP contribution in [-0.2, 0) is 16.1 Å². The Morgan fingerprint density at radius 3 is 1.88 bits per heavy atom. The van der Waals surface area contributed by atoms with Crippen molar-refractivity contribution >= 4 is 5.91 Å². The number of carbonyl (C=O) groups excluding carboxylic acids is 1. The Kier molecular flexibility index (Phi) is 5.57. The number of amides is 1. The van der Waals surface area contributed by atoms with E-state index in [0.717, 1.165) is 23.7 Å². The van der Waals surface area contributed by atoms with Crippen molar-refractivity contribution in [3.63, 3.8) is 0 Å². The van der Waals surface area contributed by atoms with Crippen LogP contribution in [0, 0.1) is 0 Å². The normalized spacial score (nSPS) is 16.3. The number of nitrogens with one attached hydrogen (secondary N) is 1. The van der Waals surface area contributed by atoms with Crippen LogP contribution in [0.5, 0.6) is 0 Å². The predicted molar refractivity (Wildman–Crippen MR) is 57.5 cm³/mol. The van der Waals surface area contributed by atoms with Gasteiger partial charge in [0.2, 0.25) is 0 Å². The van der Waals surface area contributed by atoms with E-state index < -0.39 is 42.7 Å². The van der Waals surface area contributed by atoms with Crippen molar-refractivity contribution in [2.75, 3.05) is 0 Å². The van der Waals surface area contributed by atoms with Crippen LogP contribution in [0.4, 0.5) is 48.3 Å². The first kappa shape index (κ1) is 22.0. The molecule has 1 aromatic rings. The molecule has 1 aromatic heterocycles. The highest BCUT2D eigenvalue weighted by Crippen LogP contribution is 2.50. The van der Waals surface area contributed by atoms with E-state index in [0.29, 0.717) is 0 Å². The summed E-state index contributed by atoms with van der Waals surface area (Å²) in [6.45, 7) is -1.04. The molecule has 0 aliphatic heterocycles. The third kappa shape index (κ3) is 4.02. The van der Waals surface area contributed by atoms with Gasteiger partial charge in [-0.15, -0.1) is 0 Å². The van der Waals surface area contributed by atoms with E-state index in [4.69, 9.17) is 0 Å². The van der Waals surface area contributed by atoms with Gasteiger partial charge in [0.1, 0.15) is 5.76 Å². The number of rotatable bonds is 6. The summed E-state index contributed by atoms with van der Waals surface area (Å²) >= 11 is 0. The molecular formula is C11H6F11NO3. The Morgan fingerprint density at radius 2 is 1.50 bits per heavy atom. The van der Waals surface area contributed by atoms with Gasteiger partial charge < -0.3 is 9.73 Å². The minimum atomic E-state index is -7.23. The van der Waals surface area contributed by atoms with E-state index in [1.807, 2.05) is 0 Å². The summed E-state index contributed by atoms with van der Waals surface area (Å²) in [7, 11) is 0. The maximum atomic E-state index is 13.8. The van der Waals surface area contributed by atoms with Gasteiger partial charge in [0.15, 0.2) is 0 Å². The van der Waals surface area contributed by atoms with Gasteiger partial charge in [-0.25, -0.2) is 0 Å². The Morgan fingerprint density at radius 1 is 0.962 bits per heavy atom. The highest BCUT2D eigenvalue weighted by molar-refractivity contribution is 5.84. The van der Waals surface area contributed by atoms with Crippen LogP contribution in [0.25, 0.3) is 0 Å². The van der Waals surface area contributed by atoms with Gasteiger partial charge in [0, 0.05) is 0 Å². The highest BCUT2D eigenvalue weighted by Gasteiger charge is 2.79. The molecule has 0 aliphatic carbocycles. The molecule has 0 spiro atoms. The van der Waals surface area contributed by atoms with E-state index in [9.17, 15) is 53.1 Å². The van der Waals surface area contributed by atoms with Crippen molar-refractivity contribution < 1.29 is 62.2 Å². The first-order valence-electron chi connectivity index (χ1n) is 6.04. The topological polar surface area (TPSA) is 51.5 Å². The molecule has 0 saturated heterocycles. The molecule has 1 rings (SSSR count). The van der Waals surface area contributed by atoms with Crippen LogP contribution in [0.1, 0.15) is 5.76 Å². The zero-order valence-corrected chi connectivity index (χ0v) is 11.8. The molecule has 0 bridgehead atoms. The lowest BCUT2D eigenvalue weighted by atomic mass is 10.2. The Labute approximate surface area is 135 Å². The summed E-state index contributed by atoms with van der Waals surface area (Å²) in [5.41, 5.74) is 0. The van der Waals surface area contributed by atoms with Gasteiger partial charge in [-0.3, -0.25) is 9.53 Å². The molecule has 15 heteroatoms. The van der Waals surface area contributed by atoms with E-state index in [1.165, 1.54) is 0 Å². The predicted octanol–water partition coefficient (Wildman–Crippen LogP) is 3.93. The van der Waals surface area contributed by atoms with Gasteiger partial charge in [0.05, 0.1) is 12.8 Å². The van der Waals surface area contributed by atoms with Crippen molar-refractivity contribution in [1.29, 1.82) is 0 Å². The SMILES string of the molecule is O=C(NCc1ccco1)[C@](F)(OC(F)(F)C(F)(F)C(F)(F)F)C(F)(F)F. The van der Waals surface area contributed by atoms with E-state index in [-0.39, 0.29) is 5.76 Å². The Balaban J connectivity index is 3.14. The van der Waals surface area contributed by atoms with Crippen molar-refractivity contribution in [2.24, 2.45) is 0 Å². The smallest absolute Gasteiger partial charge is 0.462 e. The summed E-state index contributed by atoms with van der Waals surface area (Å²) < 4.78 is 145. The summed E-state index contributed by atoms with van der Waals surface area (Å²) in [6.07, 6.45) is -20.0. The molecule has 0 radical (unpaired) electrons. The molecule has 1 atom stereocenters. The number of hydrogen-bond donors (Lipinski definition) is 1. The minimum absolute atomic E-state index is 0.324. The third-order valence-electron chi connectivity index (χ3n) is 2.65. The Bertz CT molecular complexity index is 622. The monoisotopic (exact) mass is 409 g/mol. The number of hydrogen-bond acceptors (Lipinski definition) is 3. The standard InChI is InChI=1S/C11H6F11NO3/c12-7(9(15,16)17,6(24)23-4-5-2-1-3-25-5)26-11(21,22)8(13,14)10(18,19)20/h1-3H,4H2,(H,23,24)/t7-/m0/s1. The third-order valence-corrected chi connectivity index (χ3v) is 2.65. The fourth-order valence-corrected chi connectivity index (χ4v) is 1.33. The van der Waals surface area contributed by atoms with Gasteiger partial charge in [0.25, 0.3) is 5.91 Å². The lowest BCUT2D eigenvalue weighted by molar-refractivity contribution is -0.473. The first-order chi connectivity index (χ1) is 11.5. The Hall–Kier alpha value is -2.06. The zero-order chi connectivity index (χ0) is 20.6. The molecule has 1 N–H and O–H groups in total. The highest BCUT2D eigenvalue weighted by atomic mass is 19.4. The number of alkyl halides is 11. The minimum Gasteiger partial charge on any atom is -0.467 e. The second-order valence-electron chi connectivity index (χ2n) is 4.55. The molecule has 26 heavy (non-hydrogen) atoms. The van der Waals surface area contributed by atoms with Crippen molar-refractivity contribution in [2.45, 2.75) is 36.8 Å². The fraction of sp³-hybridized carbons (Fsp3) is 0.545. The molecular weight excluding hydrogens is 403 g/mol. The van der Waals surface area contributed by atoms with Crippen LogP contribution in [0.3, 0.4) is 0 Å². The molecule has 0 fully saturated rings. The maximum absolute atomic E-state index is 13.8. The van der Waals surface area contributed by atoms with E-state index in [1.54, 1.807) is 0 Å². The molecule has 1 amide bonds. The molecule has 4 nitrogen and oxygen atoms in total. The van der Waals surface area contributed by atoms with Gasteiger partial charge in [-0.1, -0.05) is 0 Å².